The topological polar surface area (TPSA) is 105 Å². The number of halogens is 1. The van der Waals surface area contributed by atoms with E-state index in [2.05, 4.69) is 20.9 Å². The number of imide groups is 1. The summed E-state index contributed by atoms with van der Waals surface area (Å²) >= 11 is 0. The van der Waals surface area contributed by atoms with Gasteiger partial charge in [0.05, 0.1) is 6.20 Å². The first-order valence-electron chi connectivity index (χ1n) is 10.5. The van der Waals surface area contributed by atoms with E-state index in [1.807, 2.05) is 13.0 Å². The van der Waals surface area contributed by atoms with Crippen LogP contribution in [0.3, 0.4) is 0 Å². The quantitative estimate of drug-likeness (QED) is 0.634. The van der Waals surface area contributed by atoms with Crippen molar-refractivity contribution in [2.24, 2.45) is 0 Å². The molecule has 2 saturated heterocycles. The minimum absolute atomic E-state index is 0.204. The average molecular weight is 443 g/mol. The number of ether oxygens (including phenoxy) is 2. The Bertz CT molecular complexity index is 963. The number of nitrogens with zero attached hydrogens (tertiary/aromatic N) is 2. The third-order valence-corrected chi connectivity index (χ3v) is 5.50. The molecule has 2 aliphatic rings. The number of rotatable bonds is 6. The lowest BCUT2D eigenvalue weighted by atomic mass is 10.1. The Balaban J connectivity index is 1.41. The fraction of sp³-hybridized carbons (Fsp3) is 0.409. The van der Waals surface area contributed by atoms with E-state index in [-0.39, 0.29) is 6.04 Å². The van der Waals surface area contributed by atoms with Crippen LogP contribution in [-0.4, -0.2) is 47.5 Å². The van der Waals surface area contributed by atoms with Crippen molar-refractivity contribution in [3.8, 4) is 11.5 Å². The van der Waals surface area contributed by atoms with Gasteiger partial charge in [-0.25, -0.2) is 18.9 Å². The summed E-state index contributed by atoms with van der Waals surface area (Å²) in [7, 11) is 0. The van der Waals surface area contributed by atoms with Crippen molar-refractivity contribution < 1.29 is 23.5 Å². The molecular weight excluding hydrogens is 417 g/mol. The van der Waals surface area contributed by atoms with E-state index in [1.165, 1.54) is 17.0 Å². The number of benzene rings is 1. The molecule has 10 heteroatoms. The highest BCUT2D eigenvalue weighted by atomic mass is 19.1. The number of aromatic nitrogens is 1. The molecule has 9 nitrogen and oxygen atoms in total. The molecule has 1 aromatic heterocycles. The van der Waals surface area contributed by atoms with Crippen molar-refractivity contribution in [1.29, 1.82) is 0 Å². The molecule has 3 heterocycles. The van der Waals surface area contributed by atoms with Crippen LogP contribution in [0.5, 0.6) is 11.5 Å². The Morgan fingerprint density at radius 2 is 1.84 bits per heavy atom. The van der Waals surface area contributed by atoms with Crippen molar-refractivity contribution in [1.82, 2.24) is 25.8 Å². The Labute approximate surface area is 185 Å². The van der Waals surface area contributed by atoms with E-state index < -0.39 is 30.2 Å². The van der Waals surface area contributed by atoms with Gasteiger partial charge in [0.1, 0.15) is 17.3 Å². The number of pyridine rings is 1. The molecule has 1 aromatic carbocycles. The minimum Gasteiger partial charge on any atom is -0.456 e. The Kier molecular flexibility index (Phi) is 6.52. The summed E-state index contributed by atoms with van der Waals surface area (Å²) in [6, 6.07) is 6.31. The number of nitrogens with one attached hydrogen (secondary N) is 3. The number of aryl methyl sites for hydroxylation is 1. The number of hydrogen-bond acceptors (Lipinski definition) is 6. The van der Waals surface area contributed by atoms with Gasteiger partial charge in [-0.05, 0) is 57.0 Å². The van der Waals surface area contributed by atoms with E-state index in [0.29, 0.717) is 43.1 Å². The summed E-state index contributed by atoms with van der Waals surface area (Å²) in [5.74, 6) is 0.550. The van der Waals surface area contributed by atoms with E-state index in [1.54, 1.807) is 25.3 Å². The lowest BCUT2D eigenvalue weighted by Gasteiger charge is -2.39. The number of amides is 4. The molecule has 0 aliphatic carbocycles. The van der Waals surface area contributed by atoms with Gasteiger partial charge in [-0.2, -0.15) is 0 Å². The molecule has 4 rings (SSSR count). The summed E-state index contributed by atoms with van der Waals surface area (Å²) in [5.41, 5.74) is 1.19. The molecule has 0 saturated carbocycles. The molecule has 3 N–H and O–H groups in total. The molecule has 0 radical (unpaired) electrons. The molecule has 2 fully saturated rings. The van der Waals surface area contributed by atoms with Crippen molar-refractivity contribution in [2.45, 2.75) is 45.1 Å². The van der Waals surface area contributed by atoms with Crippen LogP contribution < -0.4 is 20.7 Å². The average Bonchev–Trinajstić information content (AvgIpc) is 2.77. The van der Waals surface area contributed by atoms with Crippen molar-refractivity contribution in [2.75, 3.05) is 13.2 Å². The predicted molar refractivity (Wildman–Crippen MR) is 114 cm³/mol. The Morgan fingerprint density at radius 1 is 1.16 bits per heavy atom. The van der Waals surface area contributed by atoms with Crippen LogP contribution in [0.2, 0.25) is 0 Å². The van der Waals surface area contributed by atoms with Crippen LogP contribution in [0.4, 0.5) is 14.0 Å². The summed E-state index contributed by atoms with van der Waals surface area (Å²) in [6.45, 7) is 4.63. The molecule has 4 amide bonds. The van der Waals surface area contributed by atoms with Crippen molar-refractivity contribution in [3.05, 3.63) is 53.6 Å². The fourth-order valence-electron chi connectivity index (χ4n) is 3.78. The van der Waals surface area contributed by atoms with Gasteiger partial charge >= 0.3 is 12.1 Å². The van der Waals surface area contributed by atoms with Gasteiger partial charge in [0.15, 0.2) is 6.29 Å². The van der Waals surface area contributed by atoms with Crippen molar-refractivity contribution >= 4 is 12.1 Å². The van der Waals surface area contributed by atoms with Crippen LogP contribution >= 0.6 is 0 Å². The number of carbonyl (C=O) groups is 2. The predicted octanol–water partition coefficient (Wildman–Crippen LogP) is 3.17. The van der Waals surface area contributed by atoms with Crippen LogP contribution in [-0.2, 0) is 4.74 Å². The van der Waals surface area contributed by atoms with Crippen molar-refractivity contribution in [3.63, 3.8) is 0 Å². The summed E-state index contributed by atoms with van der Waals surface area (Å²) in [6.07, 6.45) is 1.96. The molecule has 2 aliphatic heterocycles. The van der Waals surface area contributed by atoms with Gasteiger partial charge in [-0.3, -0.25) is 10.3 Å². The van der Waals surface area contributed by atoms with Gasteiger partial charge in [0.2, 0.25) is 0 Å². The van der Waals surface area contributed by atoms with Gasteiger partial charge in [0, 0.05) is 36.6 Å². The zero-order chi connectivity index (χ0) is 22.7. The third kappa shape index (κ3) is 4.97. The Morgan fingerprint density at radius 3 is 2.50 bits per heavy atom. The first-order valence-corrected chi connectivity index (χ1v) is 10.5. The minimum atomic E-state index is -0.841. The van der Waals surface area contributed by atoms with Crippen LogP contribution in [0.25, 0.3) is 0 Å². The smallest absolute Gasteiger partial charge is 0.328 e. The second-order valence-corrected chi connectivity index (χ2v) is 7.85. The maximum atomic E-state index is 14.5. The fourth-order valence-corrected chi connectivity index (χ4v) is 3.78. The number of carbonyl (C=O) groups excluding carboxylic acids is 2. The molecule has 0 spiro atoms. The normalized spacial score (nSPS) is 18.8. The van der Waals surface area contributed by atoms with Gasteiger partial charge in [-0.1, -0.05) is 0 Å². The highest BCUT2D eigenvalue weighted by molar-refractivity contribution is 5.96. The summed E-state index contributed by atoms with van der Waals surface area (Å²) < 4.78 is 25.6. The standard InChI is InChI=1S/C22H26FN5O4/c1-13-3-4-17(12-24-13)32-16-5-6-19(23)18(11-16)14(2)25-20-26-21(29)28(22(30)27-20)15-7-9-31-10-8-15/h3-6,11-12,14-15,20,25H,7-10H2,1-2H3,(H,26,29)(H,27,30)/t14-/m0/s1. The number of hydrogen-bond donors (Lipinski definition) is 3. The van der Waals surface area contributed by atoms with E-state index >= 15 is 0 Å². The Hall–Kier alpha value is -3.24. The van der Waals surface area contributed by atoms with E-state index in [0.717, 1.165) is 5.69 Å². The van der Waals surface area contributed by atoms with Gasteiger partial charge in [0.25, 0.3) is 0 Å². The number of urea groups is 2. The third-order valence-electron chi connectivity index (χ3n) is 5.50. The van der Waals surface area contributed by atoms with Gasteiger partial charge < -0.3 is 20.1 Å². The monoisotopic (exact) mass is 443 g/mol. The summed E-state index contributed by atoms with van der Waals surface area (Å²) in [4.78, 5) is 30.5. The lowest BCUT2D eigenvalue weighted by Crippen LogP contribution is -2.70. The largest absolute Gasteiger partial charge is 0.456 e. The highest BCUT2D eigenvalue weighted by Crippen LogP contribution is 2.27. The lowest BCUT2D eigenvalue weighted by molar-refractivity contribution is 0.0492. The molecule has 0 bridgehead atoms. The van der Waals surface area contributed by atoms with Crippen LogP contribution in [0.1, 0.15) is 37.1 Å². The van der Waals surface area contributed by atoms with Crippen LogP contribution in [0, 0.1) is 12.7 Å². The zero-order valence-corrected chi connectivity index (χ0v) is 17.9. The zero-order valence-electron chi connectivity index (χ0n) is 17.9. The highest BCUT2D eigenvalue weighted by Gasteiger charge is 2.37. The van der Waals surface area contributed by atoms with Crippen LogP contribution in [0.15, 0.2) is 36.5 Å². The second-order valence-electron chi connectivity index (χ2n) is 7.85. The molecule has 0 unspecified atom stereocenters. The second kappa shape index (κ2) is 9.49. The first kappa shape index (κ1) is 22.0. The molecule has 2 aromatic rings. The summed E-state index contributed by atoms with van der Waals surface area (Å²) in [5, 5.41) is 8.47. The maximum absolute atomic E-state index is 14.5. The van der Waals surface area contributed by atoms with Gasteiger partial charge in [-0.15, -0.1) is 0 Å². The molecule has 170 valence electrons. The molecular formula is C22H26FN5O4. The molecule has 1 atom stereocenters. The maximum Gasteiger partial charge on any atom is 0.328 e. The molecule has 32 heavy (non-hydrogen) atoms. The van der Waals surface area contributed by atoms with E-state index in [4.69, 9.17) is 9.47 Å². The first-order chi connectivity index (χ1) is 15.4. The SMILES string of the molecule is Cc1ccc(Oc2ccc(F)c([C@H](C)NC3NC(=O)N(C4CCOCC4)C(=O)N3)c2)cn1. The van der Waals surface area contributed by atoms with E-state index in [9.17, 15) is 14.0 Å².